The zero-order valence-electron chi connectivity index (χ0n) is 12.2. The molecule has 0 unspecified atom stereocenters. The van der Waals surface area contributed by atoms with Crippen LogP contribution in [0.4, 0.5) is 0 Å². The molecule has 1 heterocycles. The van der Waals surface area contributed by atoms with Crippen LogP contribution < -0.4 is 5.32 Å². The van der Waals surface area contributed by atoms with E-state index in [1.165, 1.54) is 0 Å². The highest BCUT2D eigenvalue weighted by atomic mass is 35.5. The molecule has 0 spiro atoms. The molecule has 1 saturated carbocycles. The minimum absolute atomic E-state index is 0.0147. The maximum Gasteiger partial charge on any atom is 0.267 e. The maximum atomic E-state index is 12.3. The highest BCUT2D eigenvalue weighted by Gasteiger charge is 2.28. The Morgan fingerprint density at radius 1 is 1.55 bits per heavy atom. The van der Waals surface area contributed by atoms with E-state index in [0.29, 0.717) is 23.3 Å². The number of nitrogens with zero attached hydrogens (tertiary/aromatic N) is 1. The zero-order valence-corrected chi connectivity index (χ0v) is 12.9. The molecular weight excluding hydrogens is 276 g/mol. The molecule has 0 atom stereocenters. The molecule has 5 heteroatoms. The summed E-state index contributed by atoms with van der Waals surface area (Å²) >= 11 is 6.01. The van der Waals surface area contributed by atoms with Gasteiger partial charge in [-0.25, -0.2) is 0 Å². The summed E-state index contributed by atoms with van der Waals surface area (Å²) in [6.45, 7) is 4.97. The Morgan fingerprint density at radius 3 is 2.85 bits per heavy atom. The van der Waals surface area contributed by atoms with E-state index in [0.717, 1.165) is 25.7 Å². The largest absolute Gasteiger partial charge is 0.396 e. The molecule has 1 aromatic heterocycles. The first-order valence-electron chi connectivity index (χ1n) is 7.19. The lowest BCUT2D eigenvalue weighted by molar-refractivity contribution is 0.0923. The highest BCUT2D eigenvalue weighted by molar-refractivity contribution is 6.31. The third-order valence-corrected chi connectivity index (χ3v) is 3.93. The van der Waals surface area contributed by atoms with Crippen LogP contribution in [0, 0.1) is 5.41 Å². The number of amides is 1. The second-order valence-corrected chi connectivity index (χ2v) is 6.79. The normalized spacial score (nSPS) is 15.4. The number of aromatic nitrogens is 1. The maximum absolute atomic E-state index is 12.3. The van der Waals surface area contributed by atoms with Crippen molar-refractivity contribution in [1.29, 1.82) is 0 Å². The SMILES string of the molecule is CC(C)(CCCO)CNC(=O)c1cc(Cl)cn1C1CC1. The predicted molar refractivity (Wildman–Crippen MR) is 80.1 cm³/mol. The Morgan fingerprint density at radius 2 is 2.25 bits per heavy atom. The number of carbonyl (C=O) groups excluding carboxylic acids is 1. The van der Waals surface area contributed by atoms with Crippen molar-refractivity contribution in [2.45, 2.75) is 45.6 Å². The van der Waals surface area contributed by atoms with E-state index in [4.69, 9.17) is 16.7 Å². The van der Waals surface area contributed by atoms with Crippen molar-refractivity contribution in [3.63, 3.8) is 0 Å². The first-order chi connectivity index (χ1) is 9.43. The summed E-state index contributed by atoms with van der Waals surface area (Å²) < 4.78 is 1.98. The minimum Gasteiger partial charge on any atom is -0.396 e. The van der Waals surface area contributed by atoms with Crippen LogP contribution in [0.2, 0.25) is 5.02 Å². The Bertz CT molecular complexity index is 478. The molecule has 4 nitrogen and oxygen atoms in total. The minimum atomic E-state index is -0.0686. The van der Waals surface area contributed by atoms with E-state index in [-0.39, 0.29) is 17.9 Å². The molecular formula is C15H23ClN2O2. The lowest BCUT2D eigenvalue weighted by atomic mass is 9.88. The van der Waals surface area contributed by atoms with Gasteiger partial charge in [0.15, 0.2) is 0 Å². The number of nitrogens with one attached hydrogen (secondary N) is 1. The number of hydrogen-bond acceptors (Lipinski definition) is 2. The van der Waals surface area contributed by atoms with E-state index < -0.39 is 0 Å². The fourth-order valence-electron chi connectivity index (χ4n) is 2.34. The van der Waals surface area contributed by atoms with E-state index in [1.54, 1.807) is 6.07 Å². The summed E-state index contributed by atoms with van der Waals surface area (Å²) in [5.74, 6) is -0.0686. The van der Waals surface area contributed by atoms with Gasteiger partial charge in [-0.3, -0.25) is 4.79 Å². The number of rotatable bonds is 7. The zero-order chi connectivity index (χ0) is 14.8. The summed E-state index contributed by atoms with van der Waals surface area (Å²) in [5.41, 5.74) is 0.634. The van der Waals surface area contributed by atoms with Crippen molar-refractivity contribution in [2.75, 3.05) is 13.2 Å². The Balaban J connectivity index is 1.95. The molecule has 1 aliphatic carbocycles. The van der Waals surface area contributed by atoms with Crippen LogP contribution >= 0.6 is 11.6 Å². The molecule has 0 bridgehead atoms. The third kappa shape index (κ3) is 4.00. The summed E-state index contributed by atoms with van der Waals surface area (Å²) in [4.78, 5) is 12.3. The van der Waals surface area contributed by atoms with Crippen LogP contribution in [0.25, 0.3) is 0 Å². The summed E-state index contributed by atoms with van der Waals surface area (Å²) in [7, 11) is 0. The second-order valence-electron chi connectivity index (χ2n) is 6.36. The molecule has 20 heavy (non-hydrogen) atoms. The Hall–Kier alpha value is -1.00. The average molecular weight is 299 g/mol. The molecule has 1 amide bonds. The molecule has 1 aromatic rings. The fraction of sp³-hybridized carbons (Fsp3) is 0.667. The van der Waals surface area contributed by atoms with Gasteiger partial charge in [0.2, 0.25) is 0 Å². The van der Waals surface area contributed by atoms with E-state index >= 15 is 0 Å². The standard InChI is InChI=1S/C15H23ClN2O2/c1-15(2,6-3-7-19)10-17-14(20)13-8-11(16)9-18(13)12-4-5-12/h8-9,12,19H,3-7,10H2,1-2H3,(H,17,20). The monoisotopic (exact) mass is 298 g/mol. The lowest BCUT2D eigenvalue weighted by Gasteiger charge is -2.24. The van der Waals surface area contributed by atoms with Gasteiger partial charge in [-0.1, -0.05) is 25.4 Å². The van der Waals surface area contributed by atoms with Crippen LogP contribution in [-0.2, 0) is 0 Å². The summed E-state index contributed by atoms with van der Waals surface area (Å²) in [6.07, 6.45) is 5.72. The van der Waals surface area contributed by atoms with Gasteiger partial charge in [0.25, 0.3) is 5.91 Å². The lowest BCUT2D eigenvalue weighted by Crippen LogP contribution is -2.35. The first-order valence-corrected chi connectivity index (χ1v) is 7.57. The molecule has 0 saturated heterocycles. The number of hydrogen-bond donors (Lipinski definition) is 2. The third-order valence-electron chi connectivity index (χ3n) is 3.73. The van der Waals surface area contributed by atoms with Gasteiger partial charge in [0, 0.05) is 25.4 Å². The molecule has 0 aromatic carbocycles. The highest BCUT2D eigenvalue weighted by Crippen LogP contribution is 2.37. The molecule has 112 valence electrons. The van der Waals surface area contributed by atoms with Gasteiger partial charge in [-0.05, 0) is 37.2 Å². The van der Waals surface area contributed by atoms with Crippen LogP contribution in [0.3, 0.4) is 0 Å². The van der Waals surface area contributed by atoms with Gasteiger partial charge < -0.3 is 15.0 Å². The molecule has 0 aliphatic heterocycles. The molecule has 1 aliphatic rings. The van der Waals surface area contributed by atoms with Gasteiger partial charge in [0.1, 0.15) is 5.69 Å². The fourth-order valence-corrected chi connectivity index (χ4v) is 2.55. The molecule has 1 fully saturated rings. The van der Waals surface area contributed by atoms with Crippen LogP contribution in [0.1, 0.15) is 56.1 Å². The molecule has 2 N–H and O–H groups in total. The van der Waals surface area contributed by atoms with Gasteiger partial charge in [0.05, 0.1) is 5.02 Å². The quantitative estimate of drug-likeness (QED) is 0.813. The second kappa shape index (κ2) is 6.19. The van der Waals surface area contributed by atoms with Gasteiger partial charge in [-0.15, -0.1) is 0 Å². The molecule has 0 radical (unpaired) electrons. The van der Waals surface area contributed by atoms with Crippen LogP contribution in [0.5, 0.6) is 0 Å². The van der Waals surface area contributed by atoms with E-state index in [1.807, 2.05) is 10.8 Å². The van der Waals surface area contributed by atoms with Crippen molar-refractivity contribution in [1.82, 2.24) is 9.88 Å². The van der Waals surface area contributed by atoms with Gasteiger partial charge >= 0.3 is 0 Å². The predicted octanol–water partition coefficient (Wildman–Crippen LogP) is 3.00. The average Bonchev–Trinajstić information content (AvgIpc) is 3.17. The van der Waals surface area contributed by atoms with E-state index in [2.05, 4.69) is 19.2 Å². The number of aliphatic hydroxyl groups is 1. The first kappa shape index (κ1) is 15.4. The Labute approximate surface area is 125 Å². The number of halogens is 1. The summed E-state index contributed by atoms with van der Waals surface area (Å²) in [6, 6.07) is 2.17. The van der Waals surface area contributed by atoms with Crippen LogP contribution in [0.15, 0.2) is 12.3 Å². The van der Waals surface area contributed by atoms with Crippen LogP contribution in [-0.4, -0.2) is 28.7 Å². The van der Waals surface area contributed by atoms with Crippen molar-refractivity contribution < 1.29 is 9.90 Å². The topological polar surface area (TPSA) is 54.3 Å². The molecule has 2 rings (SSSR count). The van der Waals surface area contributed by atoms with Crippen molar-refractivity contribution in [2.24, 2.45) is 5.41 Å². The van der Waals surface area contributed by atoms with Crippen molar-refractivity contribution in [3.8, 4) is 0 Å². The van der Waals surface area contributed by atoms with E-state index in [9.17, 15) is 4.79 Å². The summed E-state index contributed by atoms with van der Waals surface area (Å²) in [5, 5.41) is 12.5. The van der Waals surface area contributed by atoms with Crippen molar-refractivity contribution in [3.05, 3.63) is 23.0 Å². The number of aliphatic hydroxyl groups excluding tert-OH is 1. The van der Waals surface area contributed by atoms with Crippen molar-refractivity contribution >= 4 is 17.5 Å². The smallest absolute Gasteiger partial charge is 0.267 e. The van der Waals surface area contributed by atoms with Gasteiger partial charge in [-0.2, -0.15) is 0 Å². The number of carbonyl (C=O) groups is 1. The Kier molecular flexibility index (Phi) is 4.76.